The number of hydrogen-bond acceptors (Lipinski definition) is 3. The first-order valence-electron chi connectivity index (χ1n) is 6.27. The van der Waals surface area contributed by atoms with E-state index in [1.54, 1.807) is 6.07 Å². The first kappa shape index (κ1) is 15.3. The van der Waals surface area contributed by atoms with Gasteiger partial charge in [-0.1, -0.05) is 42.0 Å². The Labute approximate surface area is 120 Å². The van der Waals surface area contributed by atoms with Gasteiger partial charge in [0.25, 0.3) is 0 Å². The number of halogens is 3. The highest BCUT2D eigenvalue weighted by Gasteiger charge is 2.31. The molecule has 0 aliphatic rings. The van der Waals surface area contributed by atoms with Crippen molar-refractivity contribution in [2.75, 3.05) is 0 Å². The second-order valence-electron chi connectivity index (χ2n) is 4.63. The molecule has 0 heterocycles. The highest BCUT2D eigenvalue weighted by molar-refractivity contribution is 5.37. The first-order valence-corrected chi connectivity index (χ1v) is 6.27. The lowest BCUT2D eigenvalue weighted by molar-refractivity contribution is -0.274. The summed E-state index contributed by atoms with van der Waals surface area (Å²) in [5, 5.41) is 0. The Morgan fingerprint density at radius 3 is 2.24 bits per heavy atom. The summed E-state index contributed by atoms with van der Waals surface area (Å²) in [5.41, 5.74) is 5.10. The van der Waals surface area contributed by atoms with Crippen LogP contribution < -0.4 is 16.0 Å². The summed E-state index contributed by atoms with van der Waals surface area (Å²) in [6.45, 7) is 1.93. The topological polar surface area (TPSA) is 47.3 Å². The number of aryl methyl sites for hydroxylation is 1. The lowest BCUT2D eigenvalue weighted by Crippen LogP contribution is -2.29. The molecule has 2 rings (SSSR count). The lowest BCUT2D eigenvalue weighted by atomic mass is 9.98. The van der Waals surface area contributed by atoms with Crippen LogP contribution in [0.15, 0.2) is 48.5 Å². The van der Waals surface area contributed by atoms with Crippen LogP contribution in [0.1, 0.15) is 22.7 Å². The van der Waals surface area contributed by atoms with E-state index >= 15 is 0 Å². The van der Waals surface area contributed by atoms with Crippen molar-refractivity contribution in [1.29, 1.82) is 0 Å². The molecule has 0 saturated heterocycles. The molecule has 0 aliphatic heterocycles. The normalized spacial score (nSPS) is 13.0. The van der Waals surface area contributed by atoms with Gasteiger partial charge in [0.1, 0.15) is 5.75 Å². The standard InChI is InChI=1S/C15H15F3N2O/c1-10-4-2-5-11(8-10)14(20-19)12-6-3-7-13(9-12)21-15(16,17)18/h2-9,14,20H,19H2,1H3. The molecule has 112 valence electrons. The van der Waals surface area contributed by atoms with E-state index in [0.29, 0.717) is 5.56 Å². The van der Waals surface area contributed by atoms with Crippen LogP contribution in [0.3, 0.4) is 0 Å². The van der Waals surface area contributed by atoms with E-state index in [9.17, 15) is 13.2 Å². The van der Waals surface area contributed by atoms with Gasteiger partial charge in [0, 0.05) is 0 Å². The molecule has 21 heavy (non-hydrogen) atoms. The molecule has 0 radical (unpaired) electrons. The van der Waals surface area contributed by atoms with Gasteiger partial charge in [-0.05, 0) is 30.2 Å². The van der Waals surface area contributed by atoms with Gasteiger partial charge in [0.2, 0.25) is 0 Å². The SMILES string of the molecule is Cc1cccc(C(NN)c2cccc(OC(F)(F)F)c2)c1. The van der Waals surface area contributed by atoms with Crippen LogP contribution >= 0.6 is 0 Å². The molecule has 6 heteroatoms. The molecule has 2 aromatic rings. The van der Waals surface area contributed by atoms with E-state index in [1.807, 2.05) is 31.2 Å². The summed E-state index contributed by atoms with van der Waals surface area (Å²) in [7, 11) is 0. The molecule has 3 nitrogen and oxygen atoms in total. The van der Waals surface area contributed by atoms with Crippen LogP contribution in [0, 0.1) is 6.92 Å². The van der Waals surface area contributed by atoms with Gasteiger partial charge in [-0.25, -0.2) is 5.43 Å². The summed E-state index contributed by atoms with van der Waals surface area (Å²) >= 11 is 0. The van der Waals surface area contributed by atoms with Crippen molar-refractivity contribution >= 4 is 0 Å². The minimum Gasteiger partial charge on any atom is -0.406 e. The van der Waals surface area contributed by atoms with Crippen LogP contribution in [0.4, 0.5) is 13.2 Å². The fraction of sp³-hybridized carbons (Fsp3) is 0.200. The fourth-order valence-electron chi connectivity index (χ4n) is 2.13. The average Bonchev–Trinajstić information content (AvgIpc) is 2.38. The largest absolute Gasteiger partial charge is 0.573 e. The van der Waals surface area contributed by atoms with E-state index in [0.717, 1.165) is 11.1 Å². The Hall–Kier alpha value is -2.05. The number of hydrogen-bond donors (Lipinski definition) is 2. The van der Waals surface area contributed by atoms with Gasteiger partial charge in [-0.2, -0.15) is 0 Å². The van der Waals surface area contributed by atoms with Crippen molar-refractivity contribution in [2.45, 2.75) is 19.3 Å². The number of ether oxygens (including phenoxy) is 1. The van der Waals surface area contributed by atoms with Crippen LogP contribution in [0.2, 0.25) is 0 Å². The number of alkyl halides is 3. The summed E-state index contributed by atoms with van der Waals surface area (Å²) in [6, 6.07) is 12.9. The zero-order valence-electron chi connectivity index (χ0n) is 11.3. The van der Waals surface area contributed by atoms with Crippen molar-refractivity contribution in [1.82, 2.24) is 5.43 Å². The molecule has 0 amide bonds. The number of hydrazine groups is 1. The second-order valence-corrected chi connectivity index (χ2v) is 4.63. The molecule has 0 aromatic heterocycles. The summed E-state index contributed by atoms with van der Waals surface area (Å²) in [5.74, 6) is 5.28. The van der Waals surface area contributed by atoms with Gasteiger partial charge in [0.05, 0.1) is 6.04 Å². The first-order chi connectivity index (χ1) is 9.89. The zero-order chi connectivity index (χ0) is 15.5. The Bertz CT molecular complexity index is 614. The quantitative estimate of drug-likeness (QED) is 0.671. The van der Waals surface area contributed by atoms with Gasteiger partial charge < -0.3 is 4.74 Å². The maximum Gasteiger partial charge on any atom is 0.573 e. The third-order valence-electron chi connectivity index (χ3n) is 2.97. The molecule has 0 aliphatic carbocycles. The van der Waals surface area contributed by atoms with E-state index in [1.165, 1.54) is 18.2 Å². The highest BCUT2D eigenvalue weighted by Crippen LogP contribution is 2.28. The minimum atomic E-state index is -4.71. The van der Waals surface area contributed by atoms with E-state index in [2.05, 4.69) is 10.2 Å². The molecule has 1 atom stereocenters. The van der Waals surface area contributed by atoms with Crippen molar-refractivity contribution in [3.8, 4) is 5.75 Å². The Morgan fingerprint density at radius 1 is 1.05 bits per heavy atom. The third-order valence-corrected chi connectivity index (χ3v) is 2.97. The Kier molecular flexibility index (Phi) is 4.50. The van der Waals surface area contributed by atoms with Crippen LogP contribution in [-0.4, -0.2) is 6.36 Å². The summed E-state index contributed by atoms with van der Waals surface area (Å²) in [6.07, 6.45) is -4.71. The minimum absolute atomic E-state index is 0.270. The van der Waals surface area contributed by atoms with Crippen molar-refractivity contribution in [2.24, 2.45) is 5.84 Å². The van der Waals surface area contributed by atoms with E-state index in [-0.39, 0.29) is 5.75 Å². The second kappa shape index (κ2) is 6.15. The predicted molar refractivity (Wildman–Crippen MR) is 73.5 cm³/mol. The highest BCUT2D eigenvalue weighted by atomic mass is 19.4. The third kappa shape index (κ3) is 4.21. The van der Waals surface area contributed by atoms with Crippen LogP contribution in [-0.2, 0) is 0 Å². The molecule has 0 spiro atoms. The Balaban J connectivity index is 2.32. The molecule has 2 aromatic carbocycles. The number of nitrogens with two attached hydrogens (primary N) is 1. The maximum atomic E-state index is 12.3. The number of benzene rings is 2. The molecule has 1 unspecified atom stereocenters. The summed E-state index contributed by atoms with van der Waals surface area (Å²) in [4.78, 5) is 0. The number of rotatable bonds is 4. The van der Waals surface area contributed by atoms with Gasteiger partial charge in [-0.15, -0.1) is 13.2 Å². The van der Waals surface area contributed by atoms with Crippen molar-refractivity contribution < 1.29 is 17.9 Å². The Morgan fingerprint density at radius 2 is 1.67 bits per heavy atom. The predicted octanol–water partition coefficient (Wildman–Crippen LogP) is 3.45. The molecule has 0 fully saturated rings. The maximum absolute atomic E-state index is 12.3. The molecule has 0 bridgehead atoms. The molecule has 0 saturated carbocycles. The number of nitrogens with one attached hydrogen (secondary N) is 1. The van der Waals surface area contributed by atoms with Crippen molar-refractivity contribution in [3.63, 3.8) is 0 Å². The van der Waals surface area contributed by atoms with Crippen LogP contribution in [0.25, 0.3) is 0 Å². The molecular formula is C15H15F3N2O. The van der Waals surface area contributed by atoms with Gasteiger partial charge >= 0.3 is 6.36 Å². The fourth-order valence-corrected chi connectivity index (χ4v) is 2.13. The van der Waals surface area contributed by atoms with Crippen molar-refractivity contribution in [3.05, 3.63) is 65.2 Å². The van der Waals surface area contributed by atoms with Crippen LogP contribution in [0.5, 0.6) is 5.75 Å². The van der Waals surface area contributed by atoms with E-state index < -0.39 is 12.4 Å². The lowest BCUT2D eigenvalue weighted by Gasteiger charge is -2.18. The van der Waals surface area contributed by atoms with Gasteiger partial charge in [0.15, 0.2) is 0 Å². The average molecular weight is 296 g/mol. The van der Waals surface area contributed by atoms with E-state index in [4.69, 9.17) is 5.84 Å². The molecule has 3 N–H and O–H groups in total. The monoisotopic (exact) mass is 296 g/mol. The summed E-state index contributed by atoms with van der Waals surface area (Å²) < 4.78 is 40.7. The van der Waals surface area contributed by atoms with Gasteiger partial charge in [-0.3, -0.25) is 5.84 Å². The zero-order valence-corrected chi connectivity index (χ0v) is 11.3. The molecular weight excluding hydrogens is 281 g/mol. The smallest absolute Gasteiger partial charge is 0.406 e.